The molecule has 2 rings (SSSR count). The van der Waals surface area contributed by atoms with Gasteiger partial charge in [0.2, 0.25) is 0 Å². The Hall–Kier alpha value is -1.83. The highest BCUT2D eigenvalue weighted by atomic mass is 14.8. The predicted molar refractivity (Wildman–Crippen MR) is 68.1 cm³/mol. The highest BCUT2D eigenvalue weighted by Crippen LogP contribution is 2.21. The molecule has 1 heterocycles. The first-order valence-electron chi connectivity index (χ1n) is 5.60. The lowest BCUT2D eigenvalue weighted by Gasteiger charge is -2.05. The van der Waals surface area contributed by atoms with Gasteiger partial charge < -0.3 is 5.73 Å². The van der Waals surface area contributed by atoms with Crippen molar-refractivity contribution in [1.29, 1.82) is 0 Å². The molecule has 0 radical (unpaired) electrons. The molecule has 0 bridgehead atoms. The molecule has 2 aromatic rings. The summed E-state index contributed by atoms with van der Waals surface area (Å²) in [6.45, 7) is 2.19. The van der Waals surface area contributed by atoms with E-state index in [1.54, 1.807) is 6.20 Å². The van der Waals surface area contributed by atoms with Crippen molar-refractivity contribution in [3.63, 3.8) is 0 Å². The van der Waals surface area contributed by atoms with Gasteiger partial charge in [-0.05, 0) is 35.2 Å². The summed E-state index contributed by atoms with van der Waals surface area (Å²) in [5.41, 5.74) is 9.39. The number of anilines is 1. The molecule has 0 saturated heterocycles. The minimum atomic E-state index is 0.568. The number of nitrogen functional groups attached to an aromatic ring is 1. The van der Waals surface area contributed by atoms with Gasteiger partial charge in [-0.25, -0.2) is 4.98 Å². The zero-order valence-electron chi connectivity index (χ0n) is 9.48. The highest BCUT2D eigenvalue weighted by molar-refractivity contribution is 5.66. The number of aryl methyl sites for hydroxylation is 1. The molecular weight excluding hydrogens is 196 g/mol. The number of aromatic nitrogens is 1. The molecule has 0 fully saturated rings. The van der Waals surface area contributed by atoms with Crippen LogP contribution in [0.25, 0.3) is 11.1 Å². The molecule has 0 saturated carbocycles. The smallest absolute Gasteiger partial charge is 0.123 e. The summed E-state index contributed by atoms with van der Waals surface area (Å²) in [4.78, 5) is 4.00. The third-order valence-electron chi connectivity index (χ3n) is 2.58. The topological polar surface area (TPSA) is 38.9 Å². The zero-order chi connectivity index (χ0) is 11.4. The summed E-state index contributed by atoms with van der Waals surface area (Å²) in [6, 6.07) is 12.5. The van der Waals surface area contributed by atoms with E-state index >= 15 is 0 Å². The van der Waals surface area contributed by atoms with E-state index in [0.717, 1.165) is 12.0 Å². The Labute approximate surface area is 96.1 Å². The van der Waals surface area contributed by atoms with Crippen molar-refractivity contribution in [2.45, 2.75) is 19.8 Å². The van der Waals surface area contributed by atoms with Gasteiger partial charge in [-0.3, -0.25) is 0 Å². The molecule has 2 heteroatoms. The highest BCUT2D eigenvalue weighted by Gasteiger charge is 1.99. The molecule has 2 N–H and O–H groups in total. The van der Waals surface area contributed by atoms with Crippen LogP contribution in [0.1, 0.15) is 18.9 Å². The summed E-state index contributed by atoms with van der Waals surface area (Å²) >= 11 is 0. The van der Waals surface area contributed by atoms with Gasteiger partial charge in [-0.15, -0.1) is 0 Å². The lowest BCUT2D eigenvalue weighted by molar-refractivity contribution is 0.922. The quantitative estimate of drug-likeness (QED) is 0.848. The molecular formula is C14H16N2. The molecule has 16 heavy (non-hydrogen) atoms. The van der Waals surface area contributed by atoms with Crippen molar-refractivity contribution in [2.24, 2.45) is 0 Å². The van der Waals surface area contributed by atoms with Crippen LogP contribution in [0.5, 0.6) is 0 Å². The maximum Gasteiger partial charge on any atom is 0.123 e. The van der Waals surface area contributed by atoms with Crippen molar-refractivity contribution in [3.05, 3.63) is 48.2 Å². The van der Waals surface area contributed by atoms with Gasteiger partial charge in [0.15, 0.2) is 0 Å². The van der Waals surface area contributed by atoms with E-state index in [0.29, 0.717) is 5.82 Å². The van der Waals surface area contributed by atoms with Crippen LogP contribution in [0.3, 0.4) is 0 Å². The SMILES string of the molecule is CCCc1cccc(-c2ccnc(N)c2)c1. The first-order valence-corrected chi connectivity index (χ1v) is 5.60. The van der Waals surface area contributed by atoms with Crippen LogP contribution in [0.15, 0.2) is 42.6 Å². The number of hydrogen-bond acceptors (Lipinski definition) is 2. The second-order valence-electron chi connectivity index (χ2n) is 3.92. The standard InChI is InChI=1S/C14H16N2/c1-2-4-11-5-3-6-12(9-11)13-7-8-16-14(15)10-13/h3,5-10H,2,4H2,1H3,(H2,15,16). The Morgan fingerprint density at radius 3 is 2.69 bits per heavy atom. The molecule has 1 aromatic heterocycles. The van der Waals surface area contributed by atoms with Crippen molar-refractivity contribution in [3.8, 4) is 11.1 Å². The van der Waals surface area contributed by atoms with Crippen LogP contribution in [0, 0.1) is 0 Å². The number of rotatable bonds is 3. The first-order chi connectivity index (χ1) is 7.79. The third-order valence-corrected chi connectivity index (χ3v) is 2.58. The monoisotopic (exact) mass is 212 g/mol. The Bertz CT molecular complexity index is 478. The van der Waals surface area contributed by atoms with Crippen LogP contribution in [-0.4, -0.2) is 4.98 Å². The predicted octanol–water partition coefficient (Wildman–Crippen LogP) is 3.28. The second kappa shape index (κ2) is 4.79. The van der Waals surface area contributed by atoms with Crippen molar-refractivity contribution >= 4 is 5.82 Å². The lowest BCUT2D eigenvalue weighted by atomic mass is 10.0. The van der Waals surface area contributed by atoms with Crippen LogP contribution < -0.4 is 5.73 Å². The molecule has 0 aliphatic carbocycles. The van der Waals surface area contributed by atoms with Gasteiger partial charge in [0.05, 0.1) is 0 Å². The fraction of sp³-hybridized carbons (Fsp3) is 0.214. The normalized spacial score (nSPS) is 10.3. The Morgan fingerprint density at radius 1 is 1.12 bits per heavy atom. The van der Waals surface area contributed by atoms with E-state index < -0.39 is 0 Å². The summed E-state index contributed by atoms with van der Waals surface area (Å²) in [6.07, 6.45) is 4.04. The van der Waals surface area contributed by atoms with Gasteiger partial charge in [0.1, 0.15) is 5.82 Å². The number of benzene rings is 1. The summed E-state index contributed by atoms with van der Waals surface area (Å²) < 4.78 is 0. The molecule has 0 unspecified atom stereocenters. The van der Waals surface area contributed by atoms with E-state index in [9.17, 15) is 0 Å². The van der Waals surface area contributed by atoms with Crippen LogP contribution in [0.2, 0.25) is 0 Å². The first kappa shape index (κ1) is 10.7. The Balaban J connectivity index is 2.36. The summed E-state index contributed by atoms with van der Waals surface area (Å²) in [5, 5.41) is 0. The van der Waals surface area contributed by atoms with Gasteiger partial charge in [-0.2, -0.15) is 0 Å². The number of hydrogen-bond donors (Lipinski definition) is 1. The van der Waals surface area contributed by atoms with Gasteiger partial charge in [0, 0.05) is 6.20 Å². The maximum atomic E-state index is 5.68. The van der Waals surface area contributed by atoms with Gasteiger partial charge in [0.25, 0.3) is 0 Å². The van der Waals surface area contributed by atoms with Crippen molar-refractivity contribution in [2.75, 3.05) is 5.73 Å². The van der Waals surface area contributed by atoms with E-state index in [4.69, 9.17) is 5.73 Å². The molecule has 82 valence electrons. The van der Waals surface area contributed by atoms with E-state index in [2.05, 4.69) is 36.2 Å². The molecule has 0 aliphatic rings. The van der Waals surface area contributed by atoms with Gasteiger partial charge >= 0.3 is 0 Å². The summed E-state index contributed by atoms with van der Waals surface area (Å²) in [7, 11) is 0. The Morgan fingerprint density at radius 2 is 1.94 bits per heavy atom. The largest absolute Gasteiger partial charge is 0.384 e. The van der Waals surface area contributed by atoms with E-state index in [-0.39, 0.29) is 0 Å². The van der Waals surface area contributed by atoms with E-state index in [1.807, 2.05) is 12.1 Å². The maximum absolute atomic E-state index is 5.68. The lowest BCUT2D eigenvalue weighted by Crippen LogP contribution is -1.90. The fourth-order valence-electron chi connectivity index (χ4n) is 1.82. The minimum Gasteiger partial charge on any atom is -0.384 e. The Kier molecular flexibility index (Phi) is 3.20. The minimum absolute atomic E-state index is 0.568. The van der Waals surface area contributed by atoms with E-state index in [1.165, 1.54) is 17.5 Å². The van der Waals surface area contributed by atoms with Crippen molar-refractivity contribution < 1.29 is 0 Å². The van der Waals surface area contributed by atoms with Crippen LogP contribution >= 0.6 is 0 Å². The average molecular weight is 212 g/mol. The molecule has 0 atom stereocenters. The summed E-state index contributed by atoms with van der Waals surface area (Å²) in [5.74, 6) is 0.568. The van der Waals surface area contributed by atoms with Crippen LogP contribution in [-0.2, 0) is 6.42 Å². The molecule has 0 spiro atoms. The number of nitrogens with two attached hydrogens (primary N) is 1. The molecule has 2 nitrogen and oxygen atoms in total. The third kappa shape index (κ3) is 2.40. The fourth-order valence-corrected chi connectivity index (χ4v) is 1.82. The van der Waals surface area contributed by atoms with Gasteiger partial charge in [-0.1, -0.05) is 37.6 Å². The van der Waals surface area contributed by atoms with Crippen molar-refractivity contribution in [1.82, 2.24) is 4.98 Å². The second-order valence-corrected chi connectivity index (χ2v) is 3.92. The zero-order valence-corrected chi connectivity index (χ0v) is 9.48. The number of nitrogens with zero attached hydrogens (tertiary/aromatic N) is 1. The molecule has 0 aliphatic heterocycles. The number of pyridine rings is 1. The molecule has 1 aromatic carbocycles. The average Bonchev–Trinajstić information content (AvgIpc) is 2.30. The van der Waals surface area contributed by atoms with Crippen LogP contribution in [0.4, 0.5) is 5.82 Å². The molecule has 0 amide bonds.